The SMILES string of the molecule is CC1C[S+]1C1(CCCCCCC2CCCO2)CCCCC1. The summed E-state index contributed by atoms with van der Waals surface area (Å²) in [6, 6.07) is 0. The van der Waals surface area contributed by atoms with Gasteiger partial charge in [0.25, 0.3) is 0 Å². The highest BCUT2D eigenvalue weighted by atomic mass is 32.2. The zero-order valence-electron chi connectivity index (χ0n) is 14.1. The van der Waals surface area contributed by atoms with Crippen LogP contribution in [0.4, 0.5) is 0 Å². The molecule has 3 aliphatic rings. The monoisotopic (exact) mass is 311 g/mol. The topological polar surface area (TPSA) is 9.23 Å². The normalized spacial score (nSPS) is 35.0. The zero-order chi connectivity index (χ0) is 14.5. The molecular weight excluding hydrogens is 276 g/mol. The van der Waals surface area contributed by atoms with Gasteiger partial charge in [-0.05, 0) is 64.7 Å². The molecule has 122 valence electrons. The Morgan fingerprint density at radius 2 is 1.76 bits per heavy atom. The van der Waals surface area contributed by atoms with Crippen LogP contribution in [0.15, 0.2) is 0 Å². The maximum atomic E-state index is 5.72. The molecule has 2 heterocycles. The molecule has 2 saturated heterocycles. The largest absolute Gasteiger partial charge is 0.378 e. The summed E-state index contributed by atoms with van der Waals surface area (Å²) in [4.78, 5) is 0. The maximum Gasteiger partial charge on any atom is 0.160 e. The second kappa shape index (κ2) is 7.73. The molecule has 3 unspecified atom stereocenters. The van der Waals surface area contributed by atoms with Crippen molar-refractivity contribution >= 4 is 10.9 Å². The molecule has 0 aromatic carbocycles. The molecule has 0 aromatic rings. The van der Waals surface area contributed by atoms with Crippen LogP contribution in [0.25, 0.3) is 0 Å². The van der Waals surface area contributed by atoms with E-state index in [1.54, 1.807) is 25.0 Å². The van der Waals surface area contributed by atoms with Gasteiger partial charge in [0.05, 0.1) is 6.10 Å². The molecule has 0 radical (unpaired) electrons. The molecule has 3 fully saturated rings. The lowest BCUT2D eigenvalue weighted by Crippen LogP contribution is -2.35. The average molecular weight is 312 g/mol. The Morgan fingerprint density at radius 1 is 1.00 bits per heavy atom. The zero-order valence-corrected chi connectivity index (χ0v) is 14.9. The van der Waals surface area contributed by atoms with Crippen LogP contribution in [0, 0.1) is 0 Å². The van der Waals surface area contributed by atoms with E-state index in [9.17, 15) is 0 Å². The summed E-state index contributed by atoms with van der Waals surface area (Å²) in [6.45, 7) is 3.52. The molecular formula is C19H35OS+. The Kier molecular flexibility index (Phi) is 5.95. The molecule has 2 heteroatoms. The Hall–Kier alpha value is 0.310. The van der Waals surface area contributed by atoms with Gasteiger partial charge in [-0.1, -0.05) is 25.7 Å². The number of rotatable bonds is 8. The quantitative estimate of drug-likeness (QED) is 0.339. The maximum absolute atomic E-state index is 5.72. The lowest BCUT2D eigenvalue weighted by molar-refractivity contribution is 0.102. The Bertz CT molecular complexity index is 305. The minimum absolute atomic E-state index is 0.614. The molecule has 1 aliphatic carbocycles. The number of unbranched alkanes of at least 4 members (excludes halogenated alkanes) is 3. The van der Waals surface area contributed by atoms with Gasteiger partial charge in [-0.25, -0.2) is 0 Å². The second-order valence-corrected chi connectivity index (χ2v) is 10.6. The van der Waals surface area contributed by atoms with Crippen molar-refractivity contribution in [1.82, 2.24) is 0 Å². The lowest BCUT2D eigenvalue weighted by Gasteiger charge is -2.31. The predicted octanol–water partition coefficient (Wildman–Crippen LogP) is 5.23. The highest BCUT2D eigenvalue weighted by Crippen LogP contribution is 2.49. The van der Waals surface area contributed by atoms with Crippen LogP contribution in [0.3, 0.4) is 0 Å². The van der Waals surface area contributed by atoms with Crippen LogP contribution >= 0.6 is 0 Å². The fourth-order valence-electron chi connectivity index (χ4n) is 4.70. The first-order chi connectivity index (χ1) is 10.3. The molecule has 3 rings (SSSR count). The van der Waals surface area contributed by atoms with E-state index in [1.807, 2.05) is 0 Å². The van der Waals surface area contributed by atoms with Crippen molar-refractivity contribution in [1.29, 1.82) is 0 Å². The summed E-state index contributed by atoms with van der Waals surface area (Å²) < 4.78 is 6.54. The van der Waals surface area contributed by atoms with E-state index in [0.717, 1.165) is 27.5 Å². The lowest BCUT2D eigenvalue weighted by atomic mass is 9.84. The van der Waals surface area contributed by atoms with E-state index < -0.39 is 0 Å². The van der Waals surface area contributed by atoms with E-state index in [2.05, 4.69) is 6.92 Å². The summed E-state index contributed by atoms with van der Waals surface area (Å²) in [5, 5.41) is 1.07. The molecule has 0 amide bonds. The van der Waals surface area contributed by atoms with Crippen LogP contribution in [-0.4, -0.2) is 28.5 Å². The highest BCUT2D eigenvalue weighted by molar-refractivity contribution is 8.05. The standard InChI is InChI=1S/C19H35OS/c1-17-16-21(17)19(13-7-4-8-14-19)12-6-3-2-5-10-18-11-9-15-20-18/h17-18H,2-16H2,1H3/q+1. The molecule has 3 atom stereocenters. The Balaban J connectivity index is 1.31. The first-order valence-corrected chi connectivity index (χ1v) is 11.1. The summed E-state index contributed by atoms with van der Waals surface area (Å²) in [5.41, 5.74) is 0. The smallest absolute Gasteiger partial charge is 0.160 e. The van der Waals surface area contributed by atoms with Crippen LogP contribution in [-0.2, 0) is 15.6 Å². The average Bonchev–Trinajstić information content (AvgIpc) is 3.03. The number of hydrogen-bond donors (Lipinski definition) is 0. The highest BCUT2D eigenvalue weighted by Gasteiger charge is 2.60. The minimum atomic E-state index is 0.614. The van der Waals surface area contributed by atoms with Gasteiger partial charge in [0.15, 0.2) is 11.0 Å². The molecule has 0 bridgehead atoms. The van der Waals surface area contributed by atoms with Gasteiger partial charge < -0.3 is 4.74 Å². The van der Waals surface area contributed by atoms with E-state index in [4.69, 9.17) is 4.74 Å². The summed E-state index contributed by atoms with van der Waals surface area (Å²) in [6.07, 6.45) is 19.6. The second-order valence-electron chi connectivity index (χ2n) is 7.74. The van der Waals surface area contributed by atoms with Crippen LogP contribution in [0.5, 0.6) is 0 Å². The van der Waals surface area contributed by atoms with Crippen molar-refractivity contribution in [3.05, 3.63) is 0 Å². The first kappa shape index (κ1) is 16.2. The van der Waals surface area contributed by atoms with E-state index in [0.29, 0.717) is 6.10 Å². The van der Waals surface area contributed by atoms with Crippen molar-refractivity contribution in [3.63, 3.8) is 0 Å². The molecule has 1 nitrogen and oxygen atoms in total. The van der Waals surface area contributed by atoms with Crippen molar-refractivity contribution < 1.29 is 4.74 Å². The molecule has 21 heavy (non-hydrogen) atoms. The van der Waals surface area contributed by atoms with Crippen LogP contribution in [0.2, 0.25) is 0 Å². The summed E-state index contributed by atoms with van der Waals surface area (Å²) >= 11 is 0. The van der Waals surface area contributed by atoms with Gasteiger partial charge in [-0.2, -0.15) is 0 Å². The van der Waals surface area contributed by atoms with Gasteiger partial charge >= 0.3 is 0 Å². The third-order valence-corrected chi connectivity index (χ3v) is 9.33. The van der Waals surface area contributed by atoms with E-state index in [1.165, 1.54) is 64.2 Å². The minimum Gasteiger partial charge on any atom is -0.378 e. The summed E-state index contributed by atoms with van der Waals surface area (Å²) in [7, 11) is 0.815. The molecule has 0 N–H and O–H groups in total. The molecule has 1 saturated carbocycles. The fraction of sp³-hybridized carbons (Fsp3) is 1.00. The van der Waals surface area contributed by atoms with Gasteiger partial charge in [-0.15, -0.1) is 0 Å². The van der Waals surface area contributed by atoms with Gasteiger partial charge in [0, 0.05) is 17.5 Å². The van der Waals surface area contributed by atoms with Crippen molar-refractivity contribution in [2.45, 2.75) is 106 Å². The van der Waals surface area contributed by atoms with Crippen LogP contribution < -0.4 is 0 Å². The van der Waals surface area contributed by atoms with Gasteiger partial charge in [0.2, 0.25) is 0 Å². The van der Waals surface area contributed by atoms with Gasteiger partial charge in [0.1, 0.15) is 4.75 Å². The third kappa shape index (κ3) is 4.41. The number of hydrogen-bond acceptors (Lipinski definition) is 1. The Labute approximate surface area is 134 Å². The predicted molar refractivity (Wildman–Crippen MR) is 94.2 cm³/mol. The van der Waals surface area contributed by atoms with Crippen molar-refractivity contribution in [3.8, 4) is 0 Å². The Morgan fingerprint density at radius 3 is 2.43 bits per heavy atom. The van der Waals surface area contributed by atoms with Crippen LogP contribution in [0.1, 0.15) is 90.4 Å². The molecule has 0 spiro atoms. The van der Waals surface area contributed by atoms with Crippen molar-refractivity contribution in [2.24, 2.45) is 0 Å². The van der Waals surface area contributed by atoms with Gasteiger partial charge in [-0.3, -0.25) is 0 Å². The fourth-order valence-corrected chi connectivity index (χ4v) is 7.76. The molecule has 2 aliphatic heterocycles. The summed E-state index contributed by atoms with van der Waals surface area (Å²) in [5.74, 6) is 1.57. The van der Waals surface area contributed by atoms with E-state index in [-0.39, 0.29) is 0 Å². The number of ether oxygens (including phenoxy) is 1. The molecule has 0 aromatic heterocycles. The third-order valence-electron chi connectivity index (χ3n) is 6.04. The first-order valence-electron chi connectivity index (χ1n) is 9.62. The van der Waals surface area contributed by atoms with Crippen molar-refractivity contribution in [2.75, 3.05) is 12.4 Å². The van der Waals surface area contributed by atoms with E-state index >= 15 is 0 Å².